The summed E-state index contributed by atoms with van der Waals surface area (Å²) in [5.41, 5.74) is 0.521. The molecule has 3 rings (SSSR count). The van der Waals surface area contributed by atoms with Crippen LogP contribution in [0.4, 0.5) is 11.1 Å². The van der Waals surface area contributed by atoms with Crippen LogP contribution in [-0.2, 0) is 0 Å². The van der Waals surface area contributed by atoms with Crippen molar-refractivity contribution in [1.29, 1.82) is 0 Å². The quantitative estimate of drug-likeness (QED) is 0.744. The molecule has 0 aliphatic carbocycles. The van der Waals surface area contributed by atoms with Crippen molar-refractivity contribution in [2.24, 2.45) is 0 Å². The number of carbonyl (C=O) groups excluding carboxylic acids is 1. The highest BCUT2D eigenvalue weighted by Crippen LogP contribution is 2.19. The van der Waals surface area contributed by atoms with Crippen molar-refractivity contribution in [3.05, 3.63) is 33.2 Å². The Morgan fingerprint density at radius 2 is 2.38 bits per heavy atom. The number of aromatic amines is 1. The summed E-state index contributed by atoms with van der Waals surface area (Å²) in [6.45, 7) is 5.91. The van der Waals surface area contributed by atoms with E-state index in [0.717, 1.165) is 24.6 Å². The van der Waals surface area contributed by atoms with Crippen LogP contribution in [0.1, 0.15) is 28.7 Å². The Morgan fingerprint density at radius 1 is 1.54 bits per heavy atom. The van der Waals surface area contributed by atoms with Gasteiger partial charge in [0.05, 0.1) is 6.20 Å². The highest BCUT2D eigenvalue weighted by atomic mass is 32.1. The molecule has 1 aliphatic heterocycles. The summed E-state index contributed by atoms with van der Waals surface area (Å²) < 4.78 is 0. The SMILES string of the molecule is CCNc1ncc(C(=O)NC2CCN(c3nc(C)cc(=O)[nH]3)C2)s1. The van der Waals surface area contributed by atoms with E-state index in [1.807, 2.05) is 11.8 Å². The molecular formula is C15H20N6O2S. The summed E-state index contributed by atoms with van der Waals surface area (Å²) in [5, 5.41) is 6.86. The maximum Gasteiger partial charge on any atom is 0.263 e. The Labute approximate surface area is 143 Å². The van der Waals surface area contributed by atoms with Crippen molar-refractivity contribution in [1.82, 2.24) is 20.3 Å². The van der Waals surface area contributed by atoms with Crippen LogP contribution in [0, 0.1) is 6.92 Å². The van der Waals surface area contributed by atoms with Crippen LogP contribution in [0.15, 0.2) is 17.1 Å². The molecule has 0 aromatic carbocycles. The Morgan fingerprint density at radius 3 is 3.12 bits per heavy atom. The zero-order chi connectivity index (χ0) is 17.1. The molecule has 128 valence electrons. The van der Waals surface area contributed by atoms with Crippen molar-refractivity contribution in [2.75, 3.05) is 29.9 Å². The molecule has 0 radical (unpaired) electrons. The van der Waals surface area contributed by atoms with Crippen LogP contribution in [0.5, 0.6) is 0 Å². The van der Waals surface area contributed by atoms with Crippen molar-refractivity contribution in [3.63, 3.8) is 0 Å². The Balaban J connectivity index is 1.61. The van der Waals surface area contributed by atoms with Gasteiger partial charge in [0.15, 0.2) is 5.13 Å². The molecule has 1 saturated heterocycles. The van der Waals surface area contributed by atoms with E-state index in [2.05, 4.69) is 25.6 Å². The van der Waals surface area contributed by atoms with Crippen LogP contribution >= 0.6 is 11.3 Å². The molecule has 1 atom stereocenters. The molecule has 1 fully saturated rings. The molecule has 1 unspecified atom stereocenters. The second-order valence-corrected chi connectivity index (χ2v) is 6.71. The van der Waals surface area contributed by atoms with E-state index in [1.165, 1.54) is 17.4 Å². The minimum atomic E-state index is -0.161. The highest BCUT2D eigenvalue weighted by molar-refractivity contribution is 7.17. The third-order valence-electron chi connectivity index (χ3n) is 3.74. The summed E-state index contributed by atoms with van der Waals surface area (Å²) in [4.78, 5) is 37.7. The van der Waals surface area contributed by atoms with Crippen molar-refractivity contribution >= 4 is 28.3 Å². The zero-order valence-corrected chi connectivity index (χ0v) is 14.4. The maximum atomic E-state index is 12.3. The molecule has 9 heteroatoms. The monoisotopic (exact) mass is 348 g/mol. The highest BCUT2D eigenvalue weighted by Gasteiger charge is 2.26. The van der Waals surface area contributed by atoms with Gasteiger partial charge in [-0.1, -0.05) is 11.3 Å². The molecule has 24 heavy (non-hydrogen) atoms. The van der Waals surface area contributed by atoms with E-state index in [9.17, 15) is 9.59 Å². The lowest BCUT2D eigenvalue weighted by molar-refractivity contribution is 0.0944. The molecule has 3 N–H and O–H groups in total. The topological polar surface area (TPSA) is 103 Å². The number of hydrogen-bond acceptors (Lipinski definition) is 7. The summed E-state index contributed by atoms with van der Waals surface area (Å²) in [6, 6.07) is 1.48. The minimum Gasteiger partial charge on any atom is -0.362 e. The standard InChI is InChI=1S/C15H20N6O2S/c1-3-16-15-17-7-11(24-15)13(23)19-10-4-5-21(8-10)14-18-9(2)6-12(22)20-14/h6-7,10H,3-5,8H2,1-2H3,(H,16,17)(H,19,23)(H,18,20,22). The summed E-state index contributed by atoms with van der Waals surface area (Å²) in [5.74, 6) is 0.443. The number of nitrogens with zero attached hydrogens (tertiary/aromatic N) is 3. The van der Waals surface area contributed by atoms with Crippen molar-refractivity contribution < 1.29 is 4.79 Å². The number of H-pyrrole nitrogens is 1. The fraction of sp³-hybridized carbons (Fsp3) is 0.467. The van der Waals surface area contributed by atoms with Gasteiger partial charge in [-0.2, -0.15) is 0 Å². The van der Waals surface area contributed by atoms with Crippen LogP contribution in [0.2, 0.25) is 0 Å². The number of hydrogen-bond donors (Lipinski definition) is 3. The van der Waals surface area contributed by atoms with E-state index in [0.29, 0.717) is 23.1 Å². The summed E-state index contributed by atoms with van der Waals surface area (Å²) in [7, 11) is 0. The van der Waals surface area contributed by atoms with E-state index >= 15 is 0 Å². The lowest BCUT2D eigenvalue weighted by Gasteiger charge is -2.17. The Hall–Kier alpha value is -2.42. The molecular weight excluding hydrogens is 328 g/mol. The van der Waals surface area contributed by atoms with Gasteiger partial charge in [0, 0.05) is 37.4 Å². The second kappa shape index (κ2) is 7.00. The third kappa shape index (κ3) is 3.73. The van der Waals surface area contributed by atoms with E-state index in [-0.39, 0.29) is 17.5 Å². The number of aromatic nitrogens is 3. The Kier molecular flexibility index (Phi) is 4.79. The van der Waals surface area contributed by atoms with E-state index in [1.54, 1.807) is 13.1 Å². The molecule has 0 saturated carbocycles. The predicted molar refractivity (Wildman–Crippen MR) is 94.0 cm³/mol. The van der Waals surface area contributed by atoms with Gasteiger partial charge in [-0.3, -0.25) is 14.6 Å². The average Bonchev–Trinajstić information content (AvgIpc) is 3.16. The van der Waals surface area contributed by atoms with Crippen molar-refractivity contribution in [2.45, 2.75) is 26.3 Å². The number of thiazole rings is 1. The molecule has 2 aromatic heterocycles. The van der Waals surface area contributed by atoms with Crippen LogP contribution < -0.4 is 21.1 Å². The van der Waals surface area contributed by atoms with Crippen LogP contribution in [0.25, 0.3) is 0 Å². The van der Waals surface area contributed by atoms with E-state index < -0.39 is 0 Å². The first kappa shape index (κ1) is 16.4. The number of nitrogens with one attached hydrogen (secondary N) is 3. The molecule has 2 aromatic rings. The minimum absolute atomic E-state index is 0.0213. The smallest absolute Gasteiger partial charge is 0.263 e. The van der Waals surface area contributed by atoms with E-state index in [4.69, 9.17) is 0 Å². The first-order valence-electron chi connectivity index (χ1n) is 7.88. The van der Waals surface area contributed by atoms with Crippen LogP contribution in [-0.4, -0.2) is 46.5 Å². The van der Waals surface area contributed by atoms with Gasteiger partial charge in [-0.05, 0) is 20.3 Å². The van der Waals surface area contributed by atoms with Gasteiger partial charge in [0.1, 0.15) is 4.88 Å². The van der Waals surface area contributed by atoms with Crippen molar-refractivity contribution in [3.8, 4) is 0 Å². The van der Waals surface area contributed by atoms with Gasteiger partial charge >= 0.3 is 0 Å². The predicted octanol–water partition coefficient (Wildman–Crippen LogP) is 0.975. The largest absolute Gasteiger partial charge is 0.362 e. The molecule has 0 spiro atoms. The van der Waals surface area contributed by atoms with Gasteiger partial charge in [-0.25, -0.2) is 9.97 Å². The number of amides is 1. The molecule has 1 aliphatic rings. The fourth-order valence-electron chi connectivity index (χ4n) is 2.65. The molecule has 8 nitrogen and oxygen atoms in total. The summed E-state index contributed by atoms with van der Waals surface area (Å²) >= 11 is 1.34. The number of rotatable bonds is 5. The van der Waals surface area contributed by atoms with Gasteiger partial charge in [-0.15, -0.1) is 0 Å². The first-order chi connectivity index (χ1) is 11.5. The molecule has 0 bridgehead atoms. The molecule has 1 amide bonds. The fourth-order valence-corrected chi connectivity index (χ4v) is 3.44. The lowest BCUT2D eigenvalue weighted by Crippen LogP contribution is -2.37. The normalized spacial score (nSPS) is 17.1. The van der Waals surface area contributed by atoms with Gasteiger partial charge in [0.25, 0.3) is 11.5 Å². The van der Waals surface area contributed by atoms with Crippen LogP contribution in [0.3, 0.4) is 0 Å². The first-order valence-corrected chi connectivity index (χ1v) is 8.70. The number of anilines is 2. The number of aryl methyl sites for hydroxylation is 1. The maximum absolute atomic E-state index is 12.3. The zero-order valence-electron chi connectivity index (χ0n) is 13.6. The Bertz CT molecular complexity index is 786. The average molecular weight is 348 g/mol. The number of carbonyl (C=O) groups is 1. The molecule has 3 heterocycles. The summed E-state index contributed by atoms with van der Waals surface area (Å²) in [6.07, 6.45) is 2.40. The van der Waals surface area contributed by atoms with Gasteiger partial charge < -0.3 is 15.5 Å². The van der Waals surface area contributed by atoms with Gasteiger partial charge in [0.2, 0.25) is 5.95 Å². The third-order valence-corrected chi connectivity index (χ3v) is 4.69. The second-order valence-electron chi connectivity index (χ2n) is 5.68. The lowest BCUT2D eigenvalue weighted by atomic mass is 10.2.